The van der Waals surface area contributed by atoms with Crippen molar-refractivity contribution in [1.29, 1.82) is 0 Å². The van der Waals surface area contributed by atoms with Gasteiger partial charge in [-0.15, -0.1) is 0 Å². The molecule has 0 aliphatic heterocycles. The first kappa shape index (κ1) is 16.9. The molecule has 124 valence electrons. The molecule has 0 bridgehead atoms. The van der Waals surface area contributed by atoms with Crippen LogP contribution in [0.5, 0.6) is 0 Å². The average molecular weight is 324 g/mol. The molecular formula is C15H18F2N4O2. The summed E-state index contributed by atoms with van der Waals surface area (Å²) in [5, 5.41) is 19.2. The lowest BCUT2D eigenvalue weighted by Gasteiger charge is -2.22. The molecule has 2 aromatic rings. The lowest BCUT2D eigenvalue weighted by Crippen LogP contribution is -2.43. The van der Waals surface area contributed by atoms with E-state index < -0.39 is 23.3 Å². The third-order valence-corrected chi connectivity index (χ3v) is 3.30. The molecule has 0 aliphatic rings. The second kappa shape index (κ2) is 6.74. The van der Waals surface area contributed by atoms with Gasteiger partial charge in [0.1, 0.15) is 17.2 Å². The number of benzene rings is 1. The van der Waals surface area contributed by atoms with Crippen molar-refractivity contribution in [3.63, 3.8) is 0 Å². The van der Waals surface area contributed by atoms with Gasteiger partial charge in [0.15, 0.2) is 0 Å². The minimum atomic E-state index is -1.28. The van der Waals surface area contributed by atoms with E-state index >= 15 is 0 Å². The summed E-state index contributed by atoms with van der Waals surface area (Å²) in [6, 6.07) is 2.47. The summed E-state index contributed by atoms with van der Waals surface area (Å²) < 4.78 is 27.6. The van der Waals surface area contributed by atoms with Gasteiger partial charge in [0.05, 0.1) is 12.7 Å². The van der Waals surface area contributed by atoms with Crippen LogP contribution in [0.25, 0.3) is 0 Å². The van der Waals surface area contributed by atoms with Crippen molar-refractivity contribution in [1.82, 2.24) is 20.4 Å². The number of aromatic nitrogens is 2. The van der Waals surface area contributed by atoms with E-state index in [9.17, 15) is 18.7 Å². The van der Waals surface area contributed by atoms with Crippen molar-refractivity contribution in [3.8, 4) is 0 Å². The topological polar surface area (TPSA) is 79.2 Å². The smallest absolute Gasteiger partial charge is 0.315 e. The van der Waals surface area contributed by atoms with Gasteiger partial charge >= 0.3 is 6.03 Å². The van der Waals surface area contributed by atoms with Crippen molar-refractivity contribution in [2.75, 3.05) is 6.54 Å². The Morgan fingerprint density at radius 1 is 1.30 bits per heavy atom. The number of nitrogens with zero attached hydrogens (tertiary/aromatic N) is 2. The molecule has 0 saturated heterocycles. The van der Waals surface area contributed by atoms with Crippen LogP contribution in [0.1, 0.15) is 18.1 Å². The molecule has 1 atom stereocenters. The highest BCUT2D eigenvalue weighted by Crippen LogP contribution is 2.18. The highest BCUT2D eigenvalue weighted by Gasteiger charge is 2.25. The molecule has 1 heterocycles. The molecule has 8 heteroatoms. The Hall–Kier alpha value is -2.48. The fraction of sp³-hybridized carbons (Fsp3) is 0.333. The van der Waals surface area contributed by atoms with E-state index in [1.807, 2.05) is 0 Å². The third kappa shape index (κ3) is 4.75. The van der Waals surface area contributed by atoms with E-state index in [4.69, 9.17) is 0 Å². The molecule has 2 rings (SSSR count). The minimum absolute atomic E-state index is 0.0322. The average Bonchev–Trinajstić information content (AvgIpc) is 2.89. The highest BCUT2D eigenvalue weighted by molar-refractivity contribution is 5.73. The predicted molar refractivity (Wildman–Crippen MR) is 79.4 cm³/mol. The first-order chi connectivity index (χ1) is 10.8. The standard InChI is InChI=1S/C15H18F2N4O2/c1-15(23,11-7-20-21(2)8-11)9-19-14(22)18-6-10-3-12(16)5-13(17)4-10/h3-5,7-8,23H,6,9H2,1-2H3,(H2,18,19,22)/t15-/m1/s1. The normalized spacial score (nSPS) is 13.4. The summed E-state index contributed by atoms with van der Waals surface area (Å²) in [4.78, 5) is 11.7. The Morgan fingerprint density at radius 2 is 1.96 bits per heavy atom. The monoisotopic (exact) mass is 324 g/mol. The van der Waals surface area contributed by atoms with Gasteiger partial charge in [-0.3, -0.25) is 4.68 Å². The Balaban J connectivity index is 1.85. The quantitative estimate of drug-likeness (QED) is 0.778. The summed E-state index contributed by atoms with van der Waals surface area (Å²) in [6.45, 7) is 1.48. The number of aliphatic hydroxyl groups is 1. The molecule has 2 amide bonds. The predicted octanol–water partition coefficient (Wildman–Crippen LogP) is 1.41. The van der Waals surface area contributed by atoms with Crippen LogP contribution in [0.4, 0.5) is 13.6 Å². The molecule has 0 aliphatic carbocycles. The number of carbonyl (C=O) groups is 1. The lowest BCUT2D eigenvalue weighted by atomic mass is 10.00. The molecule has 0 saturated carbocycles. The molecular weight excluding hydrogens is 306 g/mol. The van der Waals surface area contributed by atoms with Gasteiger partial charge in [0, 0.05) is 31.4 Å². The van der Waals surface area contributed by atoms with E-state index in [0.717, 1.165) is 18.2 Å². The molecule has 23 heavy (non-hydrogen) atoms. The molecule has 3 N–H and O–H groups in total. The number of hydrogen-bond donors (Lipinski definition) is 3. The van der Waals surface area contributed by atoms with Crippen LogP contribution in [0.2, 0.25) is 0 Å². The van der Waals surface area contributed by atoms with E-state index in [-0.39, 0.29) is 13.1 Å². The molecule has 6 nitrogen and oxygen atoms in total. The number of nitrogens with one attached hydrogen (secondary N) is 2. The zero-order valence-corrected chi connectivity index (χ0v) is 12.8. The van der Waals surface area contributed by atoms with Crippen molar-refractivity contribution in [3.05, 3.63) is 53.4 Å². The SMILES string of the molecule is Cn1cc([C@](C)(O)CNC(=O)NCc2cc(F)cc(F)c2)cn1. The van der Waals surface area contributed by atoms with Crippen LogP contribution in [0.3, 0.4) is 0 Å². The zero-order valence-electron chi connectivity index (χ0n) is 12.8. The zero-order chi connectivity index (χ0) is 17.0. The molecule has 0 unspecified atom stereocenters. The van der Waals surface area contributed by atoms with E-state index in [1.165, 1.54) is 6.20 Å². The van der Waals surface area contributed by atoms with E-state index in [1.54, 1.807) is 24.9 Å². The lowest BCUT2D eigenvalue weighted by molar-refractivity contribution is 0.0593. The van der Waals surface area contributed by atoms with Crippen LogP contribution in [0.15, 0.2) is 30.6 Å². The van der Waals surface area contributed by atoms with Crippen molar-refractivity contribution >= 4 is 6.03 Å². The fourth-order valence-corrected chi connectivity index (χ4v) is 2.01. The van der Waals surface area contributed by atoms with E-state index in [0.29, 0.717) is 11.1 Å². The Kier molecular flexibility index (Phi) is 4.95. The van der Waals surface area contributed by atoms with Crippen molar-refractivity contribution < 1.29 is 18.7 Å². The number of urea groups is 1. The number of hydrogen-bond acceptors (Lipinski definition) is 3. The minimum Gasteiger partial charge on any atom is -0.383 e. The molecule has 0 radical (unpaired) electrons. The van der Waals surface area contributed by atoms with Crippen LogP contribution in [-0.2, 0) is 19.2 Å². The Labute approximate surface area is 132 Å². The summed E-state index contributed by atoms with van der Waals surface area (Å²) in [7, 11) is 1.72. The van der Waals surface area contributed by atoms with Gasteiger partial charge in [-0.25, -0.2) is 13.6 Å². The Morgan fingerprint density at radius 3 is 2.52 bits per heavy atom. The summed E-state index contributed by atoms with van der Waals surface area (Å²) >= 11 is 0. The van der Waals surface area contributed by atoms with Crippen LogP contribution >= 0.6 is 0 Å². The van der Waals surface area contributed by atoms with Gasteiger partial charge in [0.2, 0.25) is 0 Å². The Bertz CT molecular complexity index is 680. The molecule has 0 spiro atoms. The van der Waals surface area contributed by atoms with E-state index in [2.05, 4.69) is 15.7 Å². The molecule has 0 fully saturated rings. The largest absolute Gasteiger partial charge is 0.383 e. The highest BCUT2D eigenvalue weighted by atomic mass is 19.1. The maximum absolute atomic E-state index is 13.0. The number of amides is 2. The summed E-state index contributed by atoms with van der Waals surface area (Å²) in [6.07, 6.45) is 3.16. The second-order valence-electron chi connectivity index (χ2n) is 5.49. The number of aryl methyl sites for hydroxylation is 1. The maximum Gasteiger partial charge on any atom is 0.315 e. The maximum atomic E-state index is 13.0. The number of carbonyl (C=O) groups excluding carboxylic acids is 1. The van der Waals surface area contributed by atoms with Gasteiger partial charge < -0.3 is 15.7 Å². The van der Waals surface area contributed by atoms with Crippen molar-refractivity contribution in [2.45, 2.75) is 19.1 Å². The van der Waals surface area contributed by atoms with Crippen LogP contribution in [0, 0.1) is 11.6 Å². The van der Waals surface area contributed by atoms with Crippen LogP contribution < -0.4 is 10.6 Å². The first-order valence-corrected chi connectivity index (χ1v) is 6.94. The van der Waals surface area contributed by atoms with Gasteiger partial charge in [-0.05, 0) is 24.6 Å². The molecule has 1 aromatic carbocycles. The van der Waals surface area contributed by atoms with Crippen molar-refractivity contribution in [2.24, 2.45) is 7.05 Å². The van der Waals surface area contributed by atoms with Crippen LogP contribution in [-0.4, -0.2) is 27.5 Å². The number of halogens is 2. The summed E-state index contributed by atoms with van der Waals surface area (Å²) in [5.74, 6) is -1.41. The van der Waals surface area contributed by atoms with Gasteiger partial charge in [-0.1, -0.05) is 0 Å². The fourth-order valence-electron chi connectivity index (χ4n) is 2.01. The number of rotatable bonds is 5. The summed E-state index contributed by atoms with van der Waals surface area (Å²) in [5.41, 5.74) is -0.416. The van der Waals surface area contributed by atoms with Gasteiger partial charge in [-0.2, -0.15) is 5.10 Å². The first-order valence-electron chi connectivity index (χ1n) is 6.94. The second-order valence-corrected chi connectivity index (χ2v) is 5.49. The van der Waals surface area contributed by atoms with Gasteiger partial charge in [0.25, 0.3) is 0 Å². The third-order valence-electron chi connectivity index (χ3n) is 3.30. The molecule has 1 aromatic heterocycles.